The molecule has 0 saturated carbocycles. The summed E-state index contributed by atoms with van der Waals surface area (Å²) in [7, 11) is 0. The van der Waals surface area contributed by atoms with Crippen molar-refractivity contribution in [2.45, 2.75) is 6.42 Å². The maximum Gasteiger partial charge on any atom is 0.122 e. The second-order valence-electron chi connectivity index (χ2n) is 6.21. The van der Waals surface area contributed by atoms with Crippen molar-refractivity contribution in [3.63, 3.8) is 0 Å². The molecule has 0 saturated heterocycles. The quantitative estimate of drug-likeness (QED) is 0.724. The first-order valence-corrected chi connectivity index (χ1v) is 8.30. The molecule has 2 aliphatic rings. The van der Waals surface area contributed by atoms with Crippen LogP contribution in [0.5, 0.6) is 5.75 Å². The summed E-state index contributed by atoms with van der Waals surface area (Å²) < 4.78 is 5.59. The van der Waals surface area contributed by atoms with Gasteiger partial charge in [0.15, 0.2) is 0 Å². The SMILES string of the molecule is C1=NCCN1c1ccc2nc(-c3ccc4c(c3)CCO4)ccc2c1. The van der Waals surface area contributed by atoms with Crippen molar-refractivity contribution in [2.75, 3.05) is 24.6 Å². The van der Waals surface area contributed by atoms with E-state index in [0.29, 0.717) is 0 Å². The van der Waals surface area contributed by atoms with Crippen LogP contribution in [0.25, 0.3) is 22.2 Å². The zero-order chi connectivity index (χ0) is 15.9. The van der Waals surface area contributed by atoms with Gasteiger partial charge < -0.3 is 9.64 Å². The molecule has 5 rings (SSSR count). The molecule has 0 atom stereocenters. The Hall–Kier alpha value is -2.88. The lowest BCUT2D eigenvalue weighted by Crippen LogP contribution is -2.17. The summed E-state index contributed by atoms with van der Waals surface area (Å²) in [4.78, 5) is 11.3. The summed E-state index contributed by atoms with van der Waals surface area (Å²) >= 11 is 0. The molecule has 4 heteroatoms. The van der Waals surface area contributed by atoms with Gasteiger partial charge in [-0.2, -0.15) is 0 Å². The van der Waals surface area contributed by atoms with E-state index < -0.39 is 0 Å². The number of fused-ring (bicyclic) bond motifs is 2. The van der Waals surface area contributed by atoms with E-state index in [1.54, 1.807) is 0 Å². The molecule has 0 spiro atoms. The fourth-order valence-corrected chi connectivity index (χ4v) is 3.37. The van der Waals surface area contributed by atoms with E-state index in [2.05, 4.69) is 58.4 Å². The first-order chi connectivity index (χ1) is 11.9. The molecule has 0 bridgehead atoms. The fourth-order valence-electron chi connectivity index (χ4n) is 3.37. The van der Waals surface area contributed by atoms with Crippen LogP contribution in [0.1, 0.15) is 5.56 Å². The van der Waals surface area contributed by atoms with Crippen molar-refractivity contribution >= 4 is 22.9 Å². The minimum Gasteiger partial charge on any atom is -0.493 e. The summed E-state index contributed by atoms with van der Waals surface area (Å²) in [6.45, 7) is 2.61. The number of pyridine rings is 1. The highest BCUT2D eigenvalue weighted by molar-refractivity contribution is 5.89. The van der Waals surface area contributed by atoms with Crippen LogP contribution < -0.4 is 9.64 Å². The summed E-state index contributed by atoms with van der Waals surface area (Å²) in [5.74, 6) is 1.01. The van der Waals surface area contributed by atoms with Crippen LogP contribution in [-0.4, -0.2) is 31.0 Å². The van der Waals surface area contributed by atoms with Crippen LogP contribution in [0.2, 0.25) is 0 Å². The first kappa shape index (κ1) is 13.5. The van der Waals surface area contributed by atoms with E-state index in [-0.39, 0.29) is 0 Å². The number of ether oxygens (including phenoxy) is 1. The standard InChI is InChI=1S/C20H17N3O/c1-4-18(14-2-6-20-16(11-14)7-10-24-20)22-19-5-3-17(12-15(1)19)23-9-8-21-13-23/h1-6,11-13H,7-10H2. The summed E-state index contributed by atoms with van der Waals surface area (Å²) in [6, 6.07) is 17.0. The highest BCUT2D eigenvalue weighted by Crippen LogP contribution is 2.31. The lowest BCUT2D eigenvalue weighted by atomic mass is 10.0. The molecular formula is C20H17N3O. The topological polar surface area (TPSA) is 37.7 Å². The Balaban J connectivity index is 1.54. The summed E-state index contributed by atoms with van der Waals surface area (Å²) in [5.41, 5.74) is 5.62. The van der Waals surface area contributed by atoms with Crippen molar-refractivity contribution in [3.8, 4) is 17.0 Å². The summed E-state index contributed by atoms with van der Waals surface area (Å²) in [6.07, 6.45) is 2.90. The van der Waals surface area contributed by atoms with E-state index in [1.807, 2.05) is 6.34 Å². The third-order valence-corrected chi connectivity index (χ3v) is 4.68. The van der Waals surface area contributed by atoms with Crippen LogP contribution >= 0.6 is 0 Å². The van der Waals surface area contributed by atoms with Crippen molar-refractivity contribution in [1.29, 1.82) is 0 Å². The molecule has 3 heterocycles. The molecular weight excluding hydrogens is 298 g/mol. The smallest absolute Gasteiger partial charge is 0.122 e. The Morgan fingerprint density at radius 3 is 2.92 bits per heavy atom. The second kappa shape index (κ2) is 5.34. The zero-order valence-corrected chi connectivity index (χ0v) is 13.3. The van der Waals surface area contributed by atoms with Gasteiger partial charge in [0, 0.05) is 29.6 Å². The lowest BCUT2D eigenvalue weighted by Gasteiger charge is -2.14. The van der Waals surface area contributed by atoms with Gasteiger partial charge in [-0.15, -0.1) is 0 Å². The molecule has 0 radical (unpaired) electrons. The number of aliphatic imine (C=N–C) groups is 1. The Bertz CT molecular complexity index is 964. The maximum atomic E-state index is 5.59. The average Bonchev–Trinajstić information content (AvgIpc) is 3.31. The predicted molar refractivity (Wildman–Crippen MR) is 97.1 cm³/mol. The average molecular weight is 315 g/mol. The Kier molecular flexibility index (Phi) is 3.01. The molecule has 2 aliphatic heterocycles. The zero-order valence-electron chi connectivity index (χ0n) is 13.3. The molecule has 118 valence electrons. The molecule has 0 N–H and O–H groups in total. The molecule has 0 fully saturated rings. The molecule has 0 unspecified atom stereocenters. The number of aromatic nitrogens is 1. The first-order valence-electron chi connectivity index (χ1n) is 8.30. The van der Waals surface area contributed by atoms with Gasteiger partial charge in [0.25, 0.3) is 0 Å². The number of anilines is 1. The van der Waals surface area contributed by atoms with Gasteiger partial charge in [-0.05, 0) is 48.0 Å². The van der Waals surface area contributed by atoms with Gasteiger partial charge in [0.2, 0.25) is 0 Å². The predicted octanol–water partition coefficient (Wildman–Crippen LogP) is 3.69. The van der Waals surface area contributed by atoms with Gasteiger partial charge in [0.1, 0.15) is 5.75 Å². The van der Waals surface area contributed by atoms with Crippen molar-refractivity contribution in [1.82, 2.24) is 4.98 Å². The van der Waals surface area contributed by atoms with Crippen LogP contribution in [0.4, 0.5) is 5.69 Å². The van der Waals surface area contributed by atoms with Crippen LogP contribution in [0.3, 0.4) is 0 Å². The number of hydrogen-bond donors (Lipinski definition) is 0. The van der Waals surface area contributed by atoms with Gasteiger partial charge in [0.05, 0.1) is 30.7 Å². The van der Waals surface area contributed by atoms with E-state index in [1.165, 1.54) is 11.3 Å². The second-order valence-corrected chi connectivity index (χ2v) is 6.21. The Morgan fingerprint density at radius 2 is 2.00 bits per heavy atom. The van der Waals surface area contributed by atoms with Crippen LogP contribution in [0, 0.1) is 0 Å². The van der Waals surface area contributed by atoms with E-state index in [0.717, 1.165) is 54.0 Å². The number of nitrogens with zero attached hydrogens (tertiary/aromatic N) is 3. The minimum atomic E-state index is 0.784. The number of hydrogen-bond acceptors (Lipinski definition) is 4. The van der Waals surface area contributed by atoms with Crippen molar-refractivity contribution in [3.05, 3.63) is 54.1 Å². The number of rotatable bonds is 2. The Labute approximate surface area is 140 Å². The fraction of sp³-hybridized carbons (Fsp3) is 0.200. The minimum absolute atomic E-state index is 0.784. The molecule has 0 aliphatic carbocycles. The molecule has 2 aromatic carbocycles. The third-order valence-electron chi connectivity index (χ3n) is 4.68. The molecule has 0 amide bonds. The molecule has 1 aromatic heterocycles. The van der Waals surface area contributed by atoms with Gasteiger partial charge >= 0.3 is 0 Å². The van der Waals surface area contributed by atoms with Crippen LogP contribution in [0.15, 0.2) is 53.5 Å². The van der Waals surface area contributed by atoms with E-state index >= 15 is 0 Å². The van der Waals surface area contributed by atoms with Crippen LogP contribution in [-0.2, 0) is 6.42 Å². The highest BCUT2D eigenvalue weighted by Gasteiger charge is 2.14. The third kappa shape index (κ3) is 2.22. The largest absolute Gasteiger partial charge is 0.493 e. The maximum absolute atomic E-state index is 5.59. The molecule has 4 nitrogen and oxygen atoms in total. The lowest BCUT2D eigenvalue weighted by molar-refractivity contribution is 0.357. The highest BCUT2D eigenvalue weighted by atomic mass is 16.5. The van der Waals surface area contributed by atoms with Gasteiger partial charge in [-0.1, -0.05) is 6.07 Å². The van der Waals surface area contributed by atoms with Gasteiger partial charge in [-0.25, -0.2) is 4.98 Å². The monoisotopic (exact) mass is 315 g/mol. The van der Waals surface area contributed by atoms with E-state index in [4.69, 9.17) is 9.72 Å². The van der Waals surface area contributed by atoms with Crippen molar-refractivity contribution < 1.29 is 4.74 Å². The van der Waals surface area contributed by atoms with E-state index in [9.17, 15) is 0 Å². The summed E-state index contributed by atoms with van der Waals surface area (Å²) in [5, 5.41) is 1.15. The molecule has 24 heavy (non-hydrogen) atoms. The normalized spacial score (nSPS) is 15.8. The van der Waals surface area contributed by atoms with Crippen molar-refractivity contribution in [2.24, 2.45) is 4.99 Å². The Morgan fingerprint density at radius 1 is 1.00 bits per heavy atom. The van der Waals surface area contributed by atoms with Gasteiger partial charge in [-0.3, -0.25) is 4.99 Å². The number of benzene rings is 2. The molecule has 3 aromatic rings.